The van der Waals surface area contributed by atoms with Crippen molar-refractivity contribution in [2.75, 3.05) is 13.7 Å². The summed E-state index contributed by atoms with van der Waals surface area (Å²) in [4.78, 5) is 11.9. The van der Waals surface area contributed by atoms with E-state index in [0.717, 1.165) is 22.4 Å². The Kier molecular flexibility index (Phi) is 5.95. The molecule has 1 N–H and O–H groups in total. The van der Waals surface area contributed by atoms with Crippen LogP contribution < -0.4 is 14.9 Å². The van der Waals surface area contributed by atoms with Crippen LogP contribution in [-0.4, -0.2) is 25.3 Å². The van der Waals surface area contributed by atoms with Crippen molar-refractivity contribution >= 4 is 11.6 Å². The number of carbonyl (C=O) groups is 1. The smallest absolute Gasteiger partial charge is 0.277 e. The van der Waals surface area contributed by atoms with Gasteiger partial charge in [-0.15, -0.1) is 0 Å². The second kappa shape index (κ2) is 8.15. The maximum atomic E-state index is 11.9. The van der Waals surface area contributed by atoms with Crippen LogP contribution in [0.4, 0.5) is 0 Å². The van der Waals surface area contributed by atoms with Crippen LogP contribution in [0.3, 0.4) is 0 Å². The third-order valence-corrected chi connectivity index (χ3v) is 3.40. The lowest BCUT2D eigenvalue weighted by atomic mass is 10.1. The van der Waals surface area contributed by atoms with Gasteiger partial charge in [-0.1, -0.05) is 18.2 Å². The van der Waals surface area contributed by atoms with Gasteiger partial charge >= 0.3 is 0 Å². The van der Waals surface area contributed by atoms with E-state index in [1.54, 1.807) is 7.11 Å². The molecule has 0 atom stereocenters. The molecule has 5 heteroatoms. The van der Waals surface area contributed by atoms with E-state index in [0.29, 0.717) is 11.5 Å². The van der Waals surface area contributed by atoms with E-state index in [1.807, 2.05) is 57.2 Å². The van der Waals surface area contributed by atoms with Crippen molar-refractivity contribution in [2.45, 2.75) is 20.8 Å². The summed E-state index contributed by atoms with van der Waals surface area (Å²) < 4.78 is 10.7. The van der Waals surface area contributed by atoms with E-state index >= 15 is 0 Å². The highest BCUT2D eigenvalue weighted by atomic mass is 16.5. The minimum Gasteiger partial charge on any atom is -0.497 e. The average Bonchev–Trinajstić information content (AvgIpc) is 2.57. The second-order valence-electron chi connectivity index (χ2n) is 5.58. The van der Waals surface area contributed by atoms with Crippen molar-refractivity contribution in [3.8, 4) is 11.5 Å². The first-order chi connectivity index (χ1) is 11.5. The molecule has 2 rings (SSSR count). The van der Waals surface area contributed by atoms with Crippen LogP contribution in [0.1, 0.15) is 23.6 Å². The molecule has 0 fully saturated rings. The predicted molar refractivity (Wildman–Crippen MR) is 94.8 cm³/mol. The lowest BCUT2D eigenvalue weighted by molar-refractivity contribution is -0.123. The fourth-order valence-corrected chi connectivity index (χ4v) is 2.26. The number of benzene rings is 2. The molecule has 2 aromatic rings. The summed E-state index contributed by atoms with van der Waals surface area (Å²) >= 11 is 0. The Hall–Kier alpha value is -2.82. The number of hydrogen-bond acceptors (Lipinski definition) is 4. The van der Waals surface area contributed by atoms with E-state index in [1.165, 1.54) is 0 Å². The number of hydrogen-bond donors (Lipinski definition) is 1. The number of nitrogens with zero attached hydrogens (tertiary/aromatic N) is 1. The van der Waals surface area contributed by atoms with Gasteiger partial charge in [0.15, 0.2) is 6.61 Å². The first-order valence-electron chi connectivity index (χ1n) is 7.66. The van der Waals surface area contributed by atoms with Gasteiger partial charge in [0.25, 0.3) is 5.91 Å². The molecule has 0 bridgehead atoms. The molecule has 2 aromatic carbocycles. The third-order valence-electron chi connectivity index (χ3n) is 3.40. The van der Waals surface area contributed by atoms with Crippen LogP contribution in [0.5, 0.6) is 11.5 Å². The van der Waals surface area contributed by atoms with Gasteiger partial charge in [-0.05, 0) is 56.2 Å². The Morgan fingerprint density at radius 1 is 1.08 bits per heavy atom. The quantitative estimate of drug-likeness (QED) is 0.655. The number of ether oxygens (including phenoxy) is 2. The molecule has 0 heterocycles. The lowest BCUT2D eigenvalue weighted by Crippen LogP contribution is -2.25. The summed E-state index contributed by atoms with van der Waals surface area (Å²) in [5.41, 5.74) is 6.26. The number of methoxy groups -OCH3 is 1. The molecule has 0 aromatic heterocycles. The lowest BCUT2D eigenvalue weighted by Gasteiger charge is -2.08. The number of nitrogens with one attached hydrogen (secondary N) is 1. The highest BCUT2D eigenvalue weighted by Gasteiger charge is 2.04. The largest absolute Gasteiger partial charge is 0.497 e. The van der Waals surface area contributed by atoms with Crippen LogP contribution in [0, 0.1) is 13.8 Å². The number of carbonyl (C=O) groups excluding carboxylic acids is 1. The van der Waals surface area contributed by atoms with Crippen molar-refractivity contribution in [1.29, 1.82) is 0 Å². The summed E-state index contributed by atoms with van der Waals surface area (Å²) in [7, 11) is 1.61. The van der Waals surface area contributed by atoms with Crippen molar-refractivity contribution in [2.24, 2.45) is 5.10 Å². The van der Waals surface area contributed by atoms with Crippen molar-refractivity contribution in [1.82, 2.24) is 5.43 Å². The molecular weight excluding hydrogens is 304 g/mol. The van der Waals surface area contributed by atoms with E-state index < -0.39 is 0 Å². The first-order valence-corrected chi connectivity index (χ1v) is 7.66. The highest BCUT2D eigenvalue weighted by molar-refractivity contribution is 5.99. The van der Waals surface area contributed by atoms with Gasteiger partial charge in [-0.2, -0.15) is 5.10 Å². The fourth-order valence-electron chi connectivity index (χ4n) is 2.26. The van der Waals surface area contributed by atoms with Crippen molar-refractivity contribution in [3.05, 3.63) is 59.2 Å². The normalized spacial score (nSPS) is 11.1. The monoisotopic (exact) mass is 326 g/mol. The molecule has 0 radical (unpaired) electrons. The van der Waals surface area contributed by atoms with Crippen LogP contribution in [0.2, 0.25) is 0 Å². The summed E-state index contributed by atoms with van der Waals surface area (Å²) in [5, 5.41) is 4.10. The van der Waals surface area contributed by atoms with Crippen molar-refractivity contribution < 1.29 is 14.3 Å². The Morgan fingerprint density at radius 2 is 1.79 bits per heavy atom. The van der Waals surface area contributed by atoms with E-state index in [2.05, 4.69) is 16.6 Å². The summed E-state index contributed by atoms with van der Waals surface area (Å²) in [6.07, 6.45) is 0. The molecule has 0 aliphatic rings. The number of rotatable bonds is 6. The van der Waals surface area contributed by atoms with Gasteiger partial charge < -0.3 is 9.47 Å². The van der Waals surface area contributed by atoms with Gasteiger partial charge in [0.05, 0.1) is 12.8 Å². The molecule has 0 spiro atoms. The zero-order chi connectivity index (χ0) is 17.5. The van der Waals surface area contributed by atoms with Crippen LogP contribution in [-0.2, 0) is 4.79 Å². The van der Waals surface area contributed by atoms with Gasteiger partial charge in [-0.3, -0.25) is 4.79 Å². The molecule has 0 aliphatic heterocycles. The molecule has 0 unspecified atom stereocenters. The van der Waals surface area contributed by atoms with Crippen molar-refractivity contribution in [3.63, 3.8) is 0 Å². The summed E-state index contributed by atoms with van der Waals surface area (Å²) in [6, 6.07) is 13.3. The van der Waals surface area contributed by atoms with Gasteiger partial charge in [0.2, 0.25) is 0 Å². The average molecular weight is 326 g/mol. The van der Waals surface area contributed by atoms with Crippen LogP contribution in [0.15, 0.2) is 47.6 Å². The maximum absolute atomic E-state index is 11.9. The molecule has 126 valence electrons. The molecule has 0 aliphatic carbocycles. The van der Waals surface area contributed by atoms with Gasteiger partial charge in [0.1, 0.15) is 11.5 Å². The molecular formula is C19H22N2O3. The van der Waals surface area contributed by atoms with Crippen LogP contribution in [0.25, 0.3) is 0 Å². The van der Waals surface area contributed by atoms with Gasteiger partial charge in [0, 0.05) is 5.56 Å². The topological polar surface area (TPSA) is 59.9 Å². The second-order valence-corrected chi connectivity index (χ2v) is 5.58. The standard InChI is InChI=1S/C19H22N2O3/c1-13-8-14(2)10-18(9-13)24-12-19(22)21-20-15(3)16-6-5-7-17(11-16)23-4/h5-11H,12H2,1-4H3,(H,21,22)/b20-15-. The van der Waals surface area contributed by atoms with Gasteiger partial charge in [-0.25, -0.2) is 5.43 Å². The zero-order valence-corrected chi connectivity index (χ0v) is 14.4. The third kappa shape index (κ3) is 5.12. The minimum atomic E-state index is -0.309. The Morgan fingerprint density at radius 3 is 2.46 bits per heavy atom. The molecule has 24 heavy (non-hydrogen) atoms. The Balaban J connectivity index is 1.91. The molecule has 1 amide bonds. The van der Waals surface area contributed by atoms with Crippen LogP contribution >= 0.6 is 0 Å². The van der Waals surface area contributed by atoms with E-state index in [9.17, 15) is 4.79 Å². The summed E-state index contributed by atoms with van der Waals surface area (Å²) in [6.45, 7) is 5.71. The molecule has 5 nitrogen and oxygen atoms in total. The fraction of sp³-hybridized carbons (Fsp3) is 0.263. The number of hydrazone groups is 1. The predicted octanol–water partition coefficient (Wildman–Crippen LogP) is 3.23. The Bertz CT molecular complexity index is 734. The number of amides is 1. The first kappa shape index (κ1) is 17.5. The number of aryl methyl sites for hydroxylation is 2. The molecule has 0 saturated carbocycles. The zero-order valence-electron chi connectivity index (χ0n) is 14.4. The highest BCUT2D eigenvalue weighted by Crippen LogP contribution is 2.16. The summed E-state index contributed by atoms with van der Waals surface area (Å²) in [5.74, 6) is 1.11. The maximum Gasteiger partial charge on any atom is 0.277 e. The Labute approximate surface area is 142 Å². The minimum absolute atomic E-state index is 0.0855. The molecule has 0 saturated heterocycles. The van der Waals surface area contributed by atoms with E-state index in [4.69, 9.17) is 9.47 Å². The SMILES string of the molecule is COc1cccc(/C(C)=N\NC(=O)COc2cc(C)cc(C)c2)c1. The van der Waals surface area contributed by atoms with E-state index in [-0.39, 0.29) is 12.5 Å².